The highest BCUT2D eigenvalue weighted by molar-refractivity contribution is 7.15. The maximum Gasteiger partial charge on any atom is 0.268 e. The Morgan fingerprint density at radius 2 is 2.09 bits per heavy atom. The van der Waals surface area contributed by atoms with Gasteiger partial charge in [0.25, 0.3) is 5.89 Å². The van der Waals surface area contributed by atoms with E-state index in [1.807, 2.05) is 0 Å². The molecule has 1 aliphatic carbocycles. The van der Waals surface area contributed by atoms with Crippen molar-refractivity contribution in [3.05, 3.63) is 45.2 Å². The van der Waals surface area contributed by atoms with E-state index in [1.54, 1.807) is 30.6 Å². The molecular formula is C17H17N3O2S. The summed E-state index contributed by atoms with van der Waals surface area (Å²) >= 11 is 1.76. The van der Waals surface area contributed by atoms with Crippen molar-refractivity contribution in [1.29, 1.82) is 0 Å². The fourth-order valence-electron chi connectivity index (χ4n) is 2.94. The van der Waals surface area contributed by atoms with Gasteiger partial charge < -0.3 is 9.09 Å². The predicted octanol–water partition coefficient (Wildman–Crippen LogP) is 3.43. The Morgan fingerprint density at radius 1 is 1.22 bits per heavy atom. The summed E-state index contributed by atoms with van der Waals surface area (Å²) in [5, 5.41) is 4.06. The van der Waals surface area contributed by atoms with Crippen LogP contribution in [0.1, 0.15) is 29.7 Å². The number of pyridine rings is 1. The summed E-state index contributed by atoms with van der Waals surface area (Å²) in [5.41, 5.74) is 2.16. The fraction of sp³-hybridized carbons (Fsp3) is 0.353. The third kappa shape index (κ3) is 2.74. The maximum absolute atomic E-state index is 11.5. The van der Waals surface area contributed by atoms with Gasteiger partial charge in [-0.1, -0.05) is 11.6 Å². The molecule has 0 saturated carbocycles. The van der Waals surface area contributed by atoms with Crippen molar-refractivity contribution < 1.29 is 4.52 Å². The molecule has 1 aliphatic rings. The van der Waals surface area contributed by atoms with E-state index < -0.39 is 0 Å². The van der Waals surface area contributed by atoms with Gasteiger partial charge in [-0.2, -0.15) is 4.98 Å². The lowest BCUT2D eigenvalue weighted by Crippen LogP contribution is -2.14. The van der Waals surface area contributed by atoms with Gasteiger partial charge >= 0.3 is 0 Å². The highest BCUT2D eigenvalue weighted by Crippen LogP contribution is 2.35. The van der Waals surface area contributed by atoms with Crippen LogP contribution in [0.2, 0.25) is 0 Å². The lowest BCUT2D eigenvalue weighted by atomic mass is 10.1. The number of nitrogens with zero attached hydrogens (tertiary/aromatic N) is 3. The van der Waals surface area contributed by atoms with Crippen molar-refractivity contribution in [1.82, 2.24) is 14.7 Å². The Morgan fingerprint density at radius 3 is 2.96 bits per heavy atom. The highest BCUT2D eigenvalue weighted by atomic mass is 32.1. The fourth-order valence-corrected chi connectivity index (χ4v) is 4.12. The summed E-state index contributed by atoms with van der Waals surface area (Å²) in [7, 11) is 1.71. The zero-order chi connectivity index (χ0) is 15.8. The van der Waals surface area contributed by atoms with Gasteiger partial charge in [-0.3, -0.25) is 4.79 Å². The van der Waals surface area contributed by atoms with Gasteiger partial charge in [-0.15, -0.1) is 11.3 Å². The van der Waals surface area contributed by atoms with E-state index in [0.29, 0.717) is 11.7 Å². The number of hydrogen-bond donors (Lipinski definition) is 0. The summed E-state index contributed by atoms with van der Waals surface area (Å²) in [6, 6.07) is 5.43. The second kappa shape index (κ2) is 5.77. The first-order chi connectivity index (χ1) is 11.2. The molecule has 0 radical (unpaired) electrons. The number of aromatic nitrogens is 3. The van der Waals surface area contributed by atoms with E-state index >= 15 is 0 Å². The van der Waals surface area contributed by atoms with Crippen molar-refractivity contribution in [2.45, 2.75) is 32.1 Å². The zero-order valence-electron chi connectivity index (χ0n) is 12.9. The van der Waals surface area contributed by atoms with E-state index in [4.69, 9.17) is 4.52 Å². The molecule has 0 atom stereocenters. The van der Waals surface area contributed by atoms with Gasteiger partial charge in [0, 0.05) is 29.8 Å². The van der Waals surface area contributed by atoms with E-state index in [1.165, 1.54) is 40.3 Å². The van der Waals surface area contributed by atoms with Crippen LogP contribution in [0.25, 0.3) is 22.2 Å². The van der Waals surface area contributed by atoms with E-state index in [0.717, 1.165) is 23.3 Å². The van der Waals surface area contributed by atoms with Gasteiger partial charge in [0.05, 0.1) is 4.88 Å². The van der Waals surface area contributed by atoms with Gasteiger partial charge in [0.1, 0.15) is 0 Å². The Bertz CT molecular complexity index is 883. The van der Waals surface area contributed by atoms with Crippen LogP contribution in [0.3, 0.4) is 0 Å². The SMILES string of the molecule is Cn1cc(-c2noc(-c3cc4c(s3)CCCCC4)n2)ccc1=O. The molecule has 0 amide bonds. The predicted molar refractivity (Wildman–Crippen MR) is 89.5 cm³/mol. The van der Waals surface area contributed by atoms with Crippen LogP contribution in [0.15, 0.2) is 33.7 Å². The third-order valence-electron chi connectivity index (χ3n) is 4.23. The Kier molecular flexibility index (Phi) is 3.61. The topological polar surface area (TPSA) is 60.9 Å². The minimum Gasteiger partial charge on any atom is -0.333 e. The molecule has 0 fully saturated rings. The lowest BCUT2D eigenvalue weighted by molar-refractivity contribution is 0.433. The molecule has 118 valence electrons. The molecule has 3 heterocycles. The van der Waals surface area contributed by atoms with Crippen LogP contribution in [-0.4, -0.2) is 14.7 Å². The molecule has 5 nitrogen and oxygen atoms in total. The Hall–Kier alpha value is -2.21. The van der Waals surface area contributed by atoms with Crippen molar-refractivity contribution in [3.63, 3.8) is 0 Å². The van der Waals surface area contributed by atoms with Crippen LogP contribution in [0.4, 0.5) is 0 Å². The summed E-state index contributed by atoms with van der Waals surface area (Å²) in [6.07, 6.45) is 7.86. The number of thiophene rings is 1. The second-order valence-corrected chi connectivity index (χ2v) is 7.05. The van der Waals surface area contributed by atoms with Gasteiger partial charge in [0.15, 0.2) is 0 Å². The molecule has 3 aromatic heterocycles. The molecule has 6 heteroatoms. The molecular weight excluding hydrogens is 310 g/mol. The smallest absolute Gasteiger partial charge is 0.268 e. The number of hydrogen-bond acceptors (Lipinski definition) is 5. The standard InChI is InChI=1S/C17H17N3O2S/c1-20-10-12(7-8-15(20)21)16-18-17(22-19-16)14-9-11-5-3-2-4-6-13(11)23-14/h7-10H,2-6H2,1H3. The number of rotatable bonds is 2. The molecule has 0 unspecified atom stereocenters. The van der Waals surface area contributed by atoms with Crippen molar-refractivity contribution in [2.75, 3.05) is 0 Å². The average molecular weight is 327 g/mol. The highest BCUT2D eigenvalue weighted by Gasteiger charge is 2.17. The lowest BCUT2D eigenvalue weighted by Gasteiger charge is -1.97. The molecule has 0 bridgehead atoms. The van der Waals surface area contributed by atoms with E-state index in [2.05, 4.69) is 16.2 Å². The molecule has 4 rings (SSSR count). The molecule has 0 spiro atoms. The number of fused-ring (bicyclic) bond motifs is 1. The first kappa shape index (κ1) is 14.4. The van der Waals surface area contributed by atoms with Gasteiger partial charge in [-0.25, -0.2) is 0 Å². The van der Waals surface area contributed by atoms with Crippen molar-refractivity contribution >= 4 is 11.3 Å². The normalized spacial score (nSPS) is 14.5. The van der Waals surface area contributed by atoms with Crippen LogP contribution in [0.5, 0.6) is 0 Å². The molecule has 3 aromatic rings. The second-order valence-electron chi connectivity index (χ2n) is 5.91. The van der Waals surface area contributed by atoms with Crippen LogP contribution in [0, 0.1) is 0 Å². The molecule has 23 heavy (non-hydrogen) atoms. The van der Waals surface area contributed by atoms with Crippen molar-refractivity contribution in [2.24, 2.45) is 7.05 Å². The Labute approximate surface area is 137 Å². The van der Waals surface area contributed by atoms with Crippen LogP contribution in [-0.2, 0) is 19.9 Å². The molecule has 0 aromatic carbocycles. The zero-order valence-corrected chi connectivity index (χ0v) is 13.7. The molecule has 0 saturated heterocycles. The summed E-state index contributed by atoms with van der Waals surface area (Å²) in [6.45, 7) is 0. The minimum atomic E-state index is -0.0561. The van der Waals surface area contributed by atoms with E-state index in [9.17, 15) is 4.79 Å². The largest absolute Gasteiger partial charge is 0.333 e. The monoisotopic (exact) mass is 327 g/mol. The summed E-state index contributed by atoms with van der Waals surface area (Å²) < 4.78 is 6.96. The van der Waals surface area contributed by atoms with Crippen molar-refractivity contribution in [3.8, 4) is 22.2 Å². The average Bonchev–Trinajstić information content (AvgIpc) is 3.13. The summed E-state index contributed by atoms with van der Waals surface area (Å²) in [4.78, 5) is 18.5. The molecule has 0 aliphatic heterocycles. The molecule has 0 N–H and O–H groups in total. The van der Waals surface area contributed by atoms with Gasteiger partial charge in [0.2, 0.25) is 11.4 Å². The Balaban J connectivity index is 1.67. The summed E-state index contributed by atoms with van der Waals surface area (Å²) in [5.74, 6) is 1.08. The quantitative estimate of drug-likeness (QED) is 0.677. The maximum atomic E-state index is 11.5. The van der Waals surface area contributed by atoms with Crippen LogP contribution < -0.4 is 5.56 Å². The van der Waals surface area contributed by atoms with Crippen LogP contribution >= 0.6 is 11.3 Å². The van der Waals surface area contributed by atoms with Gasteiger partial charge in [-0.05, 0) is 43.4 Å². The first-order valence-electron chi connectivity index (χ1n) is 7.83. The minimum absolute atomic E-state index is 0.0561. The van der Waals surface area contributed by atoms with E-state index in [-0.39, 0.29) is 5.56 Å². The third-order valence-corrected chi connectivity index (χ3v) is 5.45. The first-order valence-corrected chi connectivity index (χ1v) is 8.65. The number of aryl methyl sites for hydroxylation is 3.